The molecule has 8 heteroatoms. The second kappa shape index (κ2) is 6.99. The first-order chi connectivity index (χ1) is 11.8. The molecular formula is C17H21N3O4S. The van der Waals surface area contributed by atoms with E-state index in [1.807, 2.05) is 18.2 Å². The van der Waals surface area contributed by atoms with Gasteiger partial charge in [0.25, 0.3) is 0 Å². The molecule has 2 heterocycles. The number of hydrogen-bond donors (Lipinski definition) is 2. The van der Waals surface area contributed by atoms with E-state index in [1.165, 1.54) is 29.4 Å². The fraction of sp³-hybridized carbons (Fsp3) is 0.353. The predicted molar refractivity (Wildman–Crippen MR) is 92.8 cm³/mol. The van der Waals surface area contributed by atoms with Gasteiger partial charge in [0.15, 0.2) is 0 Å². The van der Waals surface area contributed by atoms with E-state index in [0.29, 0.717) is 6.54 Å². The summed E-state index contributed by atoms with van der Waals surface area (Å²) in [6.07, 6.45) is 2.05. The molecule has 2 N–H and O–H groups in total. The summed E-state index contributed by atoms with van der Waals surface area (Å²) in [7, 11) is -2.22. The van der Waals surface area contributed by atoms with Crippen molar-refractivity contribution in [1.82, 2.24) is 14.2 Å². The summed E-state index contributed by atoms with van der Waals surface area (Å²) >= 11 is 0. The van der Waals surface area contributed by atoms with E-state index in [-0.39, 0.29) is 16.6 Å². The number of aryl methyl sites for hydroxylation is 1. The number of sulfonamides is 1. The summed E-state index contributed by atoms with van der Waals surface area (Å²) in [5, 5.41) is 9.06. The highest BCUT2D eigenvalue weighted by atomic mass is 32.2. The lowest BCUT2D eigenvalue weighted by atomic mass is 10.2. The molecule has 1 aromatic carbocycles. The van der Waals surface area contributed by atoms with Crippen LogP contribution in [0.1, 0.15) is 22.5 Å². The van der Waals surface area contributed by atoms with Crippen LogP contribution < -0.4 is 4.72 Å². The van der Waals surface area contributed by atoms with Gasteiger partial charge in [0.1, 0.15) is 10.6 Å². The van der Waals surface area contributed by atoms with Crippen LogP contribution in [-0.4, -0.2) is 48.1 Å². The van der Waals surface area contributed by atoms with Crippen molar-refractivity contribution >= 4 is 16.0 Å². The molecule has 3 rings (SSSR count). The molecule has 1 aliphatic heterocycles. The number of aromatic nitrogens is 1. The van der Waals surface area contributed by atoms with Gasteiger partial charge >= 0.3 is 5.97 Å². The van der Waals surface area contributed by atoms with Crippen molar-refractivity contribution in [3.05, 3.63) is 53.9 Å². The lowest BCUT2D eigenvalue weighted by Crippen LogP contribution is -2.36. The van der Waals surface area contributed by atoms with E-state index < -0.39 is 16.0 Å². The molecule has 25 heavy (non-hydrogen) atoms. The van der Waals surface area contributed by atoms with E-state index in [4.69, 9.17) is 5.11 Å². The maximum Gasteiger partial charge on any atom is 0.352 e. The Hall–Kier alpha value is -2.16. The highest BCUT2D eigenvalue weighted by molar-refractivity contribution is 7.89. The molecule has 1 aromatic heterocycles. The van der Waals surface area contributed by atoms with Crippen LogP contribution in [0.4, 0.5) is 0 Å². The smallest absolute Gasteiger partial charge is 0.352 e. The van der Waals surface area contributed by atoms with E-state index in [0.717, 1.165) is 19.5 Å². The summed E-state index contributed by atoms with van der Waals surface area (Å²) in [6.45, 7) is 2.23. The lowest BCUT2D eigenvalue weighted by Gasteiger charge is -2.16. The quantitative estimate of drug-likeness (QED) is 0.807. The van der Waals surface area contributed by atoms with Gasteiger partial charge in [-0.2, -0.15) is 0 Å². The minimum Gasteiger partial charge on any atom is -0.477 e. The Morgan fingerprint density at radius 2 is 2.04 bits per heavy atom. The fourth-order valence-electron chi connectivity index (χ4n) is 3.10. The fourth-order valence-corrected chi connectivity index (χ4v) is 4.43. The van der Waals surface area contributed by atoms with E-state index in [9.17, 15) is 13.2 Å². The Balaban J connectivity index is 1.64. The van der Waals surface area contributed by atoms with Gasteiger partial charge in [0, 0.05) is 38.9 Å². The minimum atomic E-state index is -3.74. The predicted octanol–water partition coefficient (Wildman–Crippen LogP) is 1.28. The van der Waals surface area contributed by atoms with Crippen LogP contribution in [0.2, 0.25) is 0 Å². The van der Waals surface area contributed by atoms with E-state index >= 15 is 0 Å². The minimum absolute atomic E-state index is 0.0195. The number of carboxylic acids is 1. The van der Waals surface area contributed by atoms with Gasteiger partial charge in [-0.15, -0.1) is 0 Å². The number of benzene rings is 1. The molecule has 0 aliphatic carbocycles. The van der Waals surface area contributed by atoms with E-state index in [2.05, 4.69) is 21.8 Å². The van der Waals surface area contributed by atoms with Crippen LogP contribution in [0.5, 0.6) is 0 Å². The number of hydrogen-bond acceptors (Lipinski definition) is 4. The zero-order valence-electron chi connectivity index (χ0n) is 13.9. The van der Waals surface area contributed by atoms with Gasteiger partial charge < -0.3 is 9.67 Å². The Morgan fingerprint density at radius 3 is 2.68 bits per heavy atom. The third-order valence-electron chi connectivity index (χ3n) is 4.35. The van der Waals surface area contributed by atoms with Crippen molar-refractivity contribution < 1.29 is 18.3 Å². The average molecular weight is 363 g/mol. The number of aromatic carboxylic acids is 1. The van der Waals surface area contributed by atoms with Crippen molar-refractivity contribution in [3.63, 3.8) is 0 Å². The van der Waals surface area contributed by atoms with Gasteiger partial charge in [0.05, 0.1) is 0 Å². The van der Waals surface area contributed by atoms with Gasteiger partial charge in [0.2, 0.25) is 10.0 Å². The highest BCUT2D eigenvalue weighted by Gasteiger charge is 2.28. The number of likely N-dealkylation sites (tertiary alicyclic amines) is 1. The van der Waals surface area contributed by atoms with Crippen molar-refractivity contribution in [2.75, 3.05) is 13.1 Å². The molecular weight excluding hydrogens is 342 g/mol. The third kappa shape index (κ3) is 4.09. The Bertz CT molecular complexity index is 861. The average Bonchev–Trinajstić information content (AvgIpc) is 3.15. The van der Waals surface area contributed by atoms with Crippen LogP contribution >= 0.6 is 0 Å². The van der Waals surface area contributed by atoms with Crippen LogP contribution in [0.15, 0.2) is 47.5 Å². The molecule has 1 atom stereocenters. The summed E-state index contributed by atoms with van der Waals surface area (Å²) in [5.41, 5.74) is 1.14. The lowest BCUT2D eigenvalue weighted by molar-refractivity contribution is 0.0686. The second-order valence-electron chi connectivity index (χ2n) is 6.30. The first-order valence-corrected chi connectivity index (χ1v) is 9.52. The third-order valence-corrected chi connectivity index (χ3v) is 5.84. The molecule has 1 aliphatic rings. The maximum atomic E-state index is 12.5. The molecule has 134 valence electrons. The normalized spacial score (nSPS) is 18.5. The molecule has 7 nitrogen and oxygen atoms in total. The topological polar surface area (TPSA) is 91.6 Å². The van der Waals surface area contributed by atoms with Crippen LogP contribution in [-0.2, 0) is 23.6 Å². The van der Waals surface area contributed by atoms with Crippen molar-refractivity contribution in [2.45, 2.75) is 23.9 Å². The summed E-state index contributed by atoms with van der Waals surface area (Å²) in [6, 6.07) is 11.0. The first kappa shape index (κ1) is 17.7. The standard InChI is InChI=1S/C17H21N3O4S/c1-19-12-15(9-16(19)17(21)22)25(23,24)18-14-7-8-20(11-14)10-13-5-3-2-4-6-13/h2-6,9,12,14,18H,7-8,10-11H2,1H3,(H,21,22). The molecule has 0 spiro atoms. The van der Waals surface area contributed by atoms with Crippen molar-refractivity contribution in [2.24, 2.45) is 7.05 Å². The Labute approximate surface area is 146 Å². The first-order valence-electron chi connectivity index (χ1n) is 8.03. The van der Waals surface area contributed by atoms with Gasteiger partial charge in [-0.05, 0) is 18.1 Å². The number of carbonyl (C=O) groups is 1. The number of nitrogens with zero attached hydrogens (tertiary/aromatic N) is 2. The zero-order chi connectivity index (χ0) is 18.0. The zero-order valence-corrected chi connectivity index (χ0v) is 14.7. The molecule has 1 unspecified atom stereocenters. The Kier molecular flexibility index (Phi) is 4.94. The van der Waals surface area contributed by atoms with E-state index in [1.54, 1.807) is 0 Å². The highest BCUT2D eigenvalue weighted by Crippen LogP contribution is 2.18. The van der Waals surface area contributed by atoms with Gasteiger partial charge in [-0.25, -0.2) is 17.9 Å². The van der Waals surface area contributed by atoms with Crippen molar-refractivity contribution in [3.8, 4) is 0 Å². The molecule has 0 saturated carbocycles. The van der Waals surface area contributed by atoms with Crippen LogP contribution in [0.25, 0.3) is 0 Å². The maximum absolute atomic E-state index is 12.5. The number of rotatable bonds is 6. The summed E-state index contributed by atoms with van der Waals surface area (Å²) in [5.74, 6) is -1.15. The SMILES string of the molecule is Cn1cc(S(=O)(=O)NC2CCN(Cc3ccccc3)C2)cc1C(=O)O. The number of nitrogens with one attached hydrogen (secondary N) is 1. The molecule has 0 radical (unpaired) electrons. The molecule has 0 amide bonds. The summed E-state index contributed by atoms with van der Waals surface area (Å²) < 4.78 is 29.0. The summed E-state index contributed by atoms with van der Waals surface area (Å²) in [4.78, 5) is 13.3. The molecule has 0 bridgehead atoms. The van der Waals surface area contributed by atoms with Crippen molar-refractivity contribution in [1.29, 1.82) is 0 Å². The Morgan fingerprint density at radius 1 is 1.32 bits per heavy atom. The molecule has 1 saturated heterocycles. The van der Waals surface area contributed by atoms with Gasteiger partial charge in [-0.1, -0.05) is 30.3 Å². The largest absolute Gasteiger partial charge is 0.477 e. The van der Waals surface area contributed by atoms with Crippen LogP contribution in [0.3, 0.4) is 0 Å². The second-order valence-corrected chi connectivity index (χ2v) is 8.02. The van der Waals surface area contributed by atoms with Crippen LogP contribution in [0, 0.1) is 0 Å². The van der Waals surface area contributed by atoms with Gasteiger partial charge in [-0.3, -0.25) is 4.90 Å². The number of carboxylic acid groups (broad SMARTS) is 1. The monoisotopic (exact) mass is 363 g/mol. The molecule has 1 fully saturated rings. The molecule has 2 aromatic rings.